The Labute approximate surface area is 118 Å². The topological polar surface area (TPSA) is 98.5 Å². The van der Waals surface area contributed by atoms with E-state index in [9.17, 15) is 19.7 Å². The highest BCUT2D eigenvalue weighted by atomic mass is 16.6. The van der Waals surface area contributed by atoms with E-state index in [2.05, 4.69) is 5.32 Å². The third-order valence-corrected chi connectivity index (χ3v) is 3.63. The lowest BCUT2D eigenvalue weighted by atomic mass is 9.82. The number of amides is 1. The van der Waals surface area contributed by atoms with Crippen LogP contribution < -0.4 is 5.32 Å². The van der Waals surface area contributed by atoms with Crippen molar-refractivity contribution in [1.29, 1.82) is 0 Å². The van der Waals surface area contributed by atoms with Crippen LogP contribution in [0.3, 0.4) is 0 Å². The number of hydrogen-bond donors (Lipinski definition) is 1. The van der Waals surface area contributed by atoms with Gasteiger partial charge >= 0.3 is 5.97 Å². The predicted molar refractivity (Wildman–Crippen MR) is 71.6 cm³/mol. The van der Waals surface area contributed by atoms with Gasteiger partial charge in [0.2, 0.25) is 11.9 Å². The summed E-state index contributed by atoms with van der Waals surface area (Å²) in [4.78, 5) is 33.4. The number of carbonyl (C=O) groups is 2. The lowest BCUT2D eigenvalue weighted by molar-refractivity contribution is -0.527. The van der Waals surface area contributed by atoms with E-state index in [1.165, 1.54) is 6.92 Å². The number of carbonyl (C=O) groups excluding carboxylic acids is 2. The standard InChI is InChI=1S/C13H22N2O5/c1-3-20-13(17)12(14-9(2)16)8-10-4-6-11(7-5-10)15(18)19/h10-12H,3-8H2,1-2H3,(H,14,16). The fourth-order valence-corrected chi connectivity index (χ4v) is 2.63. The molecule has 0 spiro atoms. The number of rotatable bonds is 6. The molecule has 20 heavy (non-hydrogen) atoms. The summed E-state index contributed by atoms with van der Waals surface area (Å²) >= 11 is 0. The van der Waals surface area contributed by atoms with Gasteiger partial charge in [0.25, 0.3) is 0 Å². The van der Waals surface area contributed by atoms with E-state index in [0.29, 0.717) is 32.1 Å². The summed E-state index contributed by atoms with van der Waals surface area (Å²) < 4.78 is 4.94. The Morgan fingerprint density at radius 2 is 1.95 bits per heavy atom. The second kappa shape index (κ2) is 7.81. The smallest absolute Gasteiger partial charge is 0.328 e. The Morgan fingerprint density at radius 1 is 1.35 bits per heavy atom. The van der Waals surface area contributed by atoms with E-state index < -0.39 is 18.1 Å². The van der Waals surface area contributed by atoms with E-state index in [4.69, 9.17) is 4.74 Å². The van der Waals surface area contributed by atoms with Crippen molar-refractivity contribution in [2.75, 3.05) is 6.61 Å². The van der Waals surface area contributed by atoms with Gasteiger partial charge in [-0.2, -0.15) is 0 Å². The normalized spacial score (nSPS) is 23.7. The second-order valence-corrected chi connectivity index (χ2v) is 5.20. The van der Waals surface area contributed by atoms with Gasteiger partial charge in [0, 0.05) is 24.7 Å². The predicted octanol–water partition coefficient (Wildman–Crippen LogP) is 1.28. The number of ether oxygens (including phenoxy) is 1. The summed E-state index contributed by atoms with van der Waals surface area (Å²) in [6, 6.07) is -1.11. The fourth-order valence-electron chi connectivity index (χ4n) is 2.63. The highest BCUT2D eigenvalue weighted by Crippen LogP contribution is 2.29. The van der Waals surface area contributed by atoms with Crippen LogP contribution in [0.2, 0.25) is 0 Å². The van der Waals surface area contributed by atoms with Gasteiger partial charge in [-0.3, -0.25) is 14.9 Å². The molecule has 114 valence electrons. The molecule has 0 aromatic heterocycles. The van der Waals surface area contributed by atoms with Crippen molar-refractivity contribution < 1.29 is 19.2 Å². The largest absolute Gasteiger partial charge is 0.464 e. The molecule has 7 nitrogen and oxygen atoms in total. The van der Waals surface area contributed by atoms with Crippen molar-refractivity contribution in [2.24, 2.45) is 5.92 Å². The van der Waals surface area contributed by atoms with Crippen molar-refractivity contribution in [3.8, 4) is 0 Å². The highest BCUT2D eigenvalue weighted by molar-refractivity contribution is 5.83. The van der Waals surface area contributed by atoms with Gasteiger partial charge in [0.15, 0.2) is 0 Å². The van der Waals surface area contributed by atoms with Crippen LogP contribution in [0.4, 0.5) is 0 Å². The summed E-state index contributed by atoms with van der Waals surface area (Å²) in [5, 5.41) is 13.3. The van der Waals surface area contributed by atoms with Crippen LogP contribution in [0.1, 0.15) is 46.0 Å². The molecule has 1 aliphatic carbocycles. The van der Waals surface area contributed by atoms with Crippen LogP contribution in [-0.4, -0.2) is 35.5 Å². The molecule has 0 saturated heterocycles. The van der Waals surface area contributed by atoms with E-state index in [1.807, 2.05) is 0 Å². The van der Waals surface area contributed by atoms with E-state index in [0.717, 1.165) is 0 Å². The molecule has 1 N–H and O–H groups in total. The summed E-state index contributed by atoms with van der Waals surface area (Å²) in [6.45, 7) is 3.34. The van der Waals surface area contributed by atoms with Gasteiger partial charge in [0.1, 0.15) is 6.04 Å². The molecular weight excluding hydrogens is 264 g/mol. The maximum atomic E-state index is 11.8. The van der Waals surface area contributed by atoms with Gasteiger partial charge in [-0.15, -0.1) is 0 Å². The Kier molecular flexibility index (Phi) is 6.41. The molecule has 1 rings (SSSR count). The Bertz CT molecular complexity index is 364. The van der Waals surface area contributed by atoms with Crippen LogP contribution in [0, 0.1) is 16.0 Å². The Morgan fingerprint density at radius 3 is 2.40 bits per heavy atom. The van der Waals surface area contributed by atoms with E-state index in [-0.39, 0.29) is 23.4 Å². The third-order valence-electron chi connectivity index (χ3n) is 3.63. The minimum Gasteiger partial charge on any atom is -0.464 e. The summed E-state index contributed by atoms with van der Waals surface area (Å²) in [6.07, 6.45) is 2.98. The molecule has 0 radical (unpaired) electrons. The Hall–Kier alpha value is -1.66. The monoisotopic (exact) mass is 286 g/mol. The molecular formula is C13H22N2O5. The van der Waals surface area contributed by atoms with Crippen molar-refractivity contribution in [3.05, 3.63) is 10.1 Å². The average molecular weight is 286 g/mol. The molecule has 1 atom stereocenters. The molecule has 0 bridgehead atoms. The first-order valence-electron chi connectivity index (χ1n) is 7.01. The molecule has 1 amide bonds. The van der Waals surface area contributed by atoms with Gasteiger partial charge in [-0.1, -0.05) is 0 Å². The molecule has 0 aliphatic heterocycles. The SMILES string of the molecule is CCOC(=O)C(CC1CCC([N+](=O)[O-])CC1)NC(C)=O. The second-order valence-electron chi connectivity index (χ2n) is 5.20. The van der Waals surface area contributed by atoms with Crippen molar-refractivity contribution in [1.82, 2.24) is 5.32 Å². The molecule has 1 saturated carbocycles. The van der Waals surface area contributed by atoms with Gasteiger partial charge in [-0.05, 0) is 32.1 Å². The first kappa shape index (κ1) is 16.4. The molecule has 1 fully saturated rings. The number of nitro groups is 1. The van der Waals surface area contributed by atoms with Crippen molar-refractivity contribution in [2.45, 2.75) is 58.0 Å². The summed E-state index contributed by atoms with van der Waals surface area (Å²) in [7, 11) is 0. The maximum Gasteiger partial charge on any atom is 0.328 e. The number of hydrogen-bond acceptors (Lipinski definition) is 5. The fraction of sp³-hybridized carbons (Fsp3) is 0.846. The van der Waals surface area contributed by atoms with Crippen LogP contribution in [0.25, 0.3) is 0 Å². The Balaban J connectivity index is 2.51. The molecule has 1 aliphatic rings. The highest BCUT2D eigenvalue weighted by Gasteiger charge is 2.32. The number of nitrogens with one attached hydrogen (secondary N) is 1. The quantitative estimate of drug-likeness (QED) is 0.450. The lowest BCUT2D eigenvalue weighted by Crippen LogP contribution is -2.42. The van der Waals surface area contributed by atoms with Crippen LogP contribution >= 0.6 is 0 Å². The third kappa shape index (κ3) is 5.14. The van der Waals surface area contributed by atoms with Gasteiger partial charge in [-0.25, -0.2) is 4.79 Å². The van der Waals surface area contributed by atoms with Crippen LogP contribution in [0.5, 0.6) is 0 Å². The molecule has 1 unspecified atom stereocenters. The van der Waals surface area contributed by atoms with Gasteiger partial charge in [0.05, 0.1) is 6.61 Å². The van der Waals surface area contributed by atoms with Crippen molar-refractivity contribution >= 4 is 11.9 Å². The zero-order valence-electron chi connectivity index (χ0n) is 12.0. The zero-order valence-corrected chi connectivity index (χ0v) is 12.0. The first-order valence-corrected chi connectivity index (χ1v) is 7.01. The van der Waals surface area contributed by atoms with E-state index >= 15 is 0 Å². The first-order chi connectivity index (χ1) is 9.43. The summed E-state index contributed by atoms with van der Waals surface area (Å²) in [5.74, 6) is -0.492. The molecule has 0 aromatic carbocycles. The number of esters is 1. The minimum atomic E-state index is -0.649. The van der Waals surface area contributed by atoms with Crippen LogP contribution in [-0.2, 0) is 14.3 Å². The van der Waals surface area contributed by atoms with Crippen LogP contribution in [0.15, 0.2) is 0 Å². The number of nitrogens with zero attached hydrogens (tertiary/aromatic N) is 1. The average Bonchev–Trinajstić information content (AvgIpc) is 2.38. The maximum absolute atomic E-state index is 11.8. The van der Waals surface area contributed by atoms with Gasteiger partial charge < -0.3 is 10.1 Å². The van der Waals surface area contributed by atoms with E-state index in [1.54, 1.807) is 6.92 Å². The summed E-state index contributed by atoms with van der Waals surface area (Å²) in [5.41, 5.74) is 0. The van der Waals surface area contributed by atoms with Crippen molar-refractivity contribution in [3.63, 3.8) is 0 Å². The molecule has 7 heteroatoms. The molecule has 0 aromatic rings. The lowest BCUT2D eigenvalue weighted by Gasteiger charge is -2.27. The zero-order chi connectivity index (χ0) is 15.1. The minimum absolute atomic E-state index is 0.215. The molecule has 0 heterocycles.